The van der Waals surface area contributed by atoms with Gasteiger partial charge in [-0.25, -0.2) is 0 Å². The Hall–Kier alpha value is -2.74. The van der Waals surface area contributed by atoms with Gasteiger partial charge in [-0.2, -0.15) is 0 Å². The first kappa shape index (κ1) is 36.5. The highest BCUT2D eigenvalue weighted by Gasteiger charge is 2.48. The van der Waals surface area contributed by atoms with Crippen molar-refractivity contribution < 1.29 is 39.8 Å². The molecule has 0 saturated heterocycles. The van der Waals surface area contributed by atoms with Crippen molar-refractivity contribution >= 4 is 29.3 Å². The fourth-order valence-corrected chi connectivity index (χ4v) is 6.69. The number of rotatable bonds is 19. The zero-order valence-electron chi connectivity index (χ0n) is 27.1. The summed E-state index contributed by atoms with van der Waals surface area (Å²) < 4.78 is 12.9. The molecule has 4 atom stereocenters. The first-order chi connectivity index (χ1) is 23.1. The molecule has 1 amide bonds. The maximum absolute atomic E-state index is 12.4. The quantitative estimate of drug-likeness (QED) is 0.0904. The van der Waals surface area contributed by atoms with E-state index in [1.807, 2.05) is 48.8 Å². The molecule has 260 valence electrons. The first-order valence-corrected chi connectivity index (χ1v) is 17.8. The lowest BCUT2D eigenvalue weighted by Gasteiger charge is -2.28. The van der Waals surface area contributed by atoms with Crippen LogP contribution in [0.4, 0.5) is 0 Å². The summed E-state index contributed by atoms with van der Waals surface area (Å²) in [6.07, 6.45) is 3.10. The second-order valence-electron chi connectivity index (χ2n) is 12.6. The number of benzene rings is 2. The Bertz CT molecular complexity index is 1520. The van der Waals surface area contributed by atoms with E-state index in [-0.39, 0.29) is 0 Å². The summed E-state index contributed by atoms with van der Waals surface area (Å²) in [6, 6.07) is 16.2. The molecule has 2 saturated carbocycles. The number of aliphatic hydroxyl groups excluding tert-OH is 5. The number of pyridine rings is 1. The van der Waals surface area contributed by atoms with E-state index in [1.54, 1.807) is 11.8 Å². The Morgan fingerprint density at radius 2 is 1.81 bits per heavy atom. The highest BCUT2D eigenvalue weighted by atomic mass is 35.5. The van der Waals surface area contributed by atoms with Crippen molar-refractivity contribution in [3.63, 3.8) is 0 Å². The SMILES string of the molecule is CN(CCCCCSc1ccc(Cl)c(COC2(c3cnccc3-c3ccccc3OC3CC3)CC2)c1)C(=O)C(O)C(O)C(O)C(O)CO. The number of unbranched alkanes of at least 4 members (excludes halogenated alkanes) is 2. The molecule has 1 aromatic heterocycles. The van der Waals surface area contributed by atoms with Crippen molar-refractivity contribution in [2.75, 3.05) is 26.0 Å². The van der Waals surface area contributed by atoms with Crippen molar-refractivity contribution in [1.82, 2.24) is 9.88 Å². The Labute approximate surface area is 290 Å². The average molecular weight is 701 g/mol. The fourth-order valence-electron chi connectivity index (χ4n) is 5.54. The fraction of sp³-hybridized carbons (Fsp3) is 0.500. The van der Waals surface area contributed by atoms with Crippen molar-refractivity contribution in [2.45, 2.75) is 92.6 Å². The molecule has 48 heavy (non-hydrogen) atoms. The van der Waals surface area contributed by atoms with Crippen LogP contribution in [0, 0.1) is 0 Å². The first-order valence-electron chi connectivity index (χ1n) is 16.5. The number of thioether (sulfide) groups is 1. The van der Waals surface area contributed by atoms with Crippen LogP contribution in [-0.2, 0) is 21.7 Å². The molecule has 3 aromatic rings. The van der Waals surface area contributed by atoms with Gasteiger partial charge in [0.15, 0.2) is 6.10 Å². The summed E-state index contributed by atoms with van der Waals surface area (Å²) in [4.78, 5) is 19.2. The van der Waals surface area contributed by atoms with Crippen LogP contribution in [0.2, 0.25) is 5.02 Å². The lowest BCUT2D eigenvalue weighted by Crippen LogP contribution is -2.52. The summed E-state index contributed by atoms with van der Waals surface area (Å²) >= 11 is 8.33. The van der Waals surface area contributed by atoms with E-state index in [0.29, 0.717) is 30.7 Å². The van der Waals surface area contributed by atoms with Gasteiger partial charge < -0.3 is 39.9 Å². The molecular weight excluding hydrogens is 656 g/mol. The molecule has 10 nitrogen and oxygen atoms in total. The number of hydrogen-bond donors (Lipinski definition) is 5. The van der Waals surface area contributed by atoms with Crippen molar-refractivity contribution in [2.24, 2.45) is 0 Å². The molecule has 2 aromatic carbocycles. The van der Waals surface area contributed by atoms with Gasteiger partial charge >= 0.3 is 0 Å². The van der Waals surface area contributed by atoms with E-state index >= 15 is 0 Å². The van der Waals surface area contributed by atoms with E-state index in [0.717, 1.165) is 77.2 Å². The summed E-state index contributed by atoms with van der Waals surface area (Å²) in [5.41, 5.74) is 3.70. The van der Waals surface area contributed by atoms with E-state index in [4.69, 9.17) is 26.2 Å². The van der Waals surface area contributed by atoms with Crippen LogP contribution in [-0.4, -0.2) is 97.8 Å². The Balaban J connectivity index is 1.10. The van der Waals surface area contributed by atoms with Gasteiger partial charge in [-0.15, -0.1) is 11.8 Å². The van der Waals surface area contributed by atoms with E-state index in [1.165, 1.54) is 11.9 Å². The van der Waals surface area contributed by atoms with Crippen LogP contribution in [0.3, 0.4) is 0 Å². The normalized spacial score (nSPS) is 17.7. The van der Waals surface area contributed by atoms with Crippen LogP contribution in [0.5, 0.6) is 5.75 Å². The number of amides is 1. The lowest BCUT2D eigenvalue weighted by molar-refractivity contribution is -0.157. The maximum atomic E-state index is 12.4. The number of carbonyl (C=O) groups excluding carboxylic acids is 1. The number of halogens is 1. The average Bonchev–Trinajstić information content (AvgIpc) is 4.06. The zero-order valence-corrected chi connectivity index (χ0v) is 28.7. The van der Waals surface area contributed by atoms with E-state index in [9.17, 15) is 25.2 Å². The minimum Gasteiger partial charge on any atom is -0.490 e. The minimum atomic E-state index is -1.91. The van der Waals surface area contributed by atoms with Crippen LogP contribution >= 0.6 is 23.4 Å². The molecule has 5 rings (SSSR count). The predicted octanol–water partition coefficient (Wildman–Crippen LogP) is 4.31. The van der Waals surface area contributed by atoms with Crippen molar-refractivity contribution in [1.29, 1.82) is 0 Å². The molecule has 4 unspecified atom stereocenters. The van der Waals surface area contributed by atoms with Crippen LogP contribution < -0.4 is 4.74 Å². The molecule has 2 aliphatic rings. The van der Waals surface area contributed by atoms with Crippen molar-refractivity contribution in [3.8, 4) is 16.9 Å². The molecule has 0 bridgehead atoms. The van der Waals surface area contributed by atoms with Crippen LogP contribution in [0.15, 0.2) is 65.8 Å². The van der Waals surface area contributed by atoms with Gasteiger partial charge in [-0.1, -0.05) is 36.2 Å². The number of para-hydroxylation sites is 1. The third-order valence-corrected chi connectivity index (χ3v) is 10.3. The third kappa shape index (κ3) is 9.28. The second-order valence-corrected chi connectivity index (χ2v) is 14.2. The smallest absolute Gasteiger partial charge is 0.253 e. The number of nitrogens with zero attached hydrogens (tertiary/aromatic N) is 2. The van der Waals surface area contributed by atoms with Crippen molar-refractivity contribution in [3.05, 3.63) is 77.1 Å². The molecule has 12 heteroatoms. The van der Waals surface area contributed by atoms with Gasteiger partial charge in [0.1, 0.15) is 24.1 Å². The molecule has 1 heterocycles. The molecule has 0 spiro atoms. The standard InChI is InChI=1S/C36H45ClN2O8S/c1-39(35(45)34(44)33(43)32(42)30(41)21-40)17-5-2-6-18-48-25-11-12-29(37)23(19-25)22-46-36(14-15-36)28-20-38-16-13-26(28)27-7-3-4-8-31(27)47-24-9-10-24/h3-4,7-8,11-13,16,19-20,24,30,32-34,40-44H,2,5-6,9-10,14-15,17-18,21-22H2,1H3. The minimum absolute atomic E-state index is 0.297. The maximum Gasteiger partial charge on any atom is 0.253 e. The highest BCUT2D eigenvalue weighted by Crippen LogP contribution is 2.53. The lowest BCUT2D eigenvalue weighted by atomic mass is 9.96. The van der Waals surface area contributed by atoms with E-state index < -0.39 is 42.5 Å². The molecule has 5 N–H and O–H groups in total. The molecule has 2 aliphatic carbocycles. The molecule has 0 aliphatic heterocycles. The largest absolute Gasteiger partial charge is 0.490 e. The van der Waals surface area contributed by atoms with Gasteiger partial charge in [-0.05, 0) is 85.7 Å². The number of aromatic nitrogens is 1. The number of aliphatic hydroxyl groups is 5. The number of hydrogen-bond acceptors (Lipinski definition) is 10. The van der Waals surface area contributed by atoms with Gasteiger partial charge in [0.25, 0.3) is 5.91 Å². The molecule has 2 fully saturated rings. The second kappa shape index (κ2) is 16.8. The Morgan fingerprint density at radius 3 is 2.54 bits per heavy atom. The van der Waals surface area contributed by atoms with Gasteiger partial charge in [-0.3, -0.25) is 9.78 Å². The summed E-state index contributed by atoms with van der Waals surface area (Å²) in [5.74, 6) is 0.983. The number of carbonyl (C=O) groups is 1. The topological polar surface area (TPSA) is 153 Å². The molecular formula is C36H45ClN2O8S. The Kier molecular flexibility index (Phi) is 12.8. The van der Waals surface area contributed by atoms with Gasteiger partial charge in [0.2, 0.25) is 0 Å². The van der Waals surface area contributed by atoms with E-state index in [2.05, 4.69) is 17.1 Å². The molecule has 0 radical (unpaired) electrons. The summed E-state index contributed by atoms with van der Waals surface area (Å²) in [6.45, 7) is -0.0785. The number of likely N-dealkylation sites (N-methyl/N-ethyl adjacent to an activating group) is 1. The number of ether oxygens (including phenoxy) is 2. The van der Waals surface area contributed by atoms with Gasteiger partial charge in [0, 0.05) is 47.0 Å². The third-order valence-electron chi connectivity index (χ3n) is 8.82. The monoisotopic (exact) mass is 700 g/mol. The van der Waals surface area contributed by atoms with Gasteiger partial charge in [0.05, 0.1) is 24.9 Å². The summed E-state index contributed by atoms with van der Waals surface area (Å²) in [7, 11) is 1.50. The predicted molar refractivity (Wildman–Crippen MR) is 184 cm³/mol. The zero-order chi connectivity index (χ0) is 34.3. The Morgan fingerprint density at radius 1 is 1.04 bits per heavy atom. The highest BCUT2D eigenvalue weighted by molar-refractivity contribution is 7.99. The van der Waals surface area contributed by atoms with Crippen LogP contribution in [0.25, 0.3) is 11.1 Å². The summed E-state index contributed by atoms with van der Waals surface area (Å²) in [5, 5.41) is 48.9. The van der Waals surface area contributed by atoms with Crippen LogP contribution in [0.1, 0.15) is 56.1 Å².